The van der Waals surface area contributed by atoms with Gasteiger partial charge in [-0.2, -0.15) is 0 Å². The molecule has 0 radical (unpaired) electrons. The lowest BCUT2D eigenvalue weighted by atomic mass is 10.3. The van der Waals surface area contributed by atoms with E-state index in [0.29, 0.717) is 6.54 Å². The Morgan fingerprint density at radius 2 is 2.07 bits per heavy atom. The van der Waals surface area contributed by atoms with Crippen molar-refractivity contribution in [1.29, 1.82) is 0 Å². The highest BCUT2D eigenvalue weighted by atomic mass is 79.9. The minimum absolute atomic E-state index is 0.263. The van der Waals surface area contributed by atoms with Crippen LogP contribution in [0.2, 0.25) is 0 Å². The average Bonchev–Trinajstić information content (AvgIpc) is 2.17. The Morgan fingerprint density at radius 1 is 1.27 bits per heavy atom. The third kappa shape index (κ3) is 2.34. The Morgan fingerprint density at radius 3 is 2.73 bits per heavy atom. The van der Waals surface area contributed by atoms with E-state index in [1.165, 1.54) is 4.31 Å². The van der Waals surface area contributed by atoms with Crippen LogP contribution in [0.3, 0.4) is 0 Å². The molecule has 0 amide bonds. The van der Waals surface area contributed by atoms with Crippen molar-refractivity contribution < 1.29 is 8.42 Å². The van der Waals surface area contributed by atoms with Crippen molar-refractivity contribution in [3.63, 3.8) is 0 Å². The fraction of sp³-hybridized carbons (Fsp3) is 0.400. The van der Waals surface area contributed by atoms with E-state index in [0.717, 1.165) is 23.0 Å². The molecule has 15 heavy (non-hydrogen) atoms. The highest BCUT2D eigenvalue weighted by molar-refractivity contribution is 9.10. The number of anilines is 1. The molecule has 0 N–H and O–H groups in total. The highest BCUT2D eigenvalue weighted by Gasteiger charge is 2.25. The maximum Gasteiger partial charge on any atom is 0.235 e. The van der Waals surface area contributed by atoms with E-state index < -0.39 is 10.0 Å². The molecule has 1 saturated heterocycles. The van der Waals surface area contributed by atoms with E-state index >= 15 is 0 Å². The Bertz CT molecular complexity index is 458. The number of halogens is 1. The summed E-state index contributed by atoms with van der Waals surface area (Å²) in [5, 5.41) is 0. The van der Waals surface area contributed by atoms with Gasteiger partial charge in [0.15, 0.2) is 0 Å². The van der Waals surface area contributed by atoms with Crippen LogP contribution in [0.15, 0.2) is 28.7 Å². The number of benzene rings is 1. The van der Waals surface area contributed by atoms with Crippen LogP contribution in [0.1, 0.15) is 12.8 Å². The third-order valence-corrected chi connectivity index (χ3v) is 4.81. The standard InChI is InChI=1S/C10H12BrNO2S/c11-9-4-3-5-10(8-9)12-6-1-2-7-15(12,13)14/h3-5,8H,1-2,6-7H2. The molecule has 1 fully saturated rings. The number of hydrogen-bond donors (Lipinski definition) is 0. The van der Waals surface area contributed by atoms with E-state index in [9.17, 15) is 8.42 Å². The van der Waals surface area contributed by atoms with Gasteiger partial charge in [0.1, 0.15) is 0 Å². The van der Waals surface area contributed by atoms with Crippen LogP contribution in [0, 0.1) is 0 Å². The predicted octanol–water partition coefficient (Wildman–Crippen LogP) is 2.38. The van der Waals surface area contributed by atoms with Crippen LogP contribution in [0.5, 0.6) is 0 Å². The SMILES string of the molecule is O=S1(=O)CCCCN1c1cccc(Br)c1. The summed E-state index contributed by atoms with van der Waals surface area (Å²) in [6, 6.07) is 7.40. The Hall–Kier alpha value is -0.550. The van der Waals surface area contributed by atoms with Gasteiger partial charge in [-0.25, -0.2) is 8.42 Å². The van der Waals surface area contributed by atoms with Gasteiger partial charge < -0.3 is 0 Å². The fourth-order valence-electron chi connectivity index (χ4n) is 1.71. The lowest BCUT2D eigenvalue weighted by Gasteiger charge is -2.28. The van der Waals surface area contributed by atoms with E-state index in [1.54, 1.807) is 0 Å². The Labute approximate surface area is 98.3 Å². The minimum atomic E-state index is -3.08. The largest absolute Gasteiger partial charge is 0.270 e. The van der Waals surface area contributed by atoms with Gasteiger partial charge in [-0.1, -0.05) is 22.0 Å². The summed E-state index contributed by atoms with van der Waals surface area (Å²) < 4.78 is 26.0. The smallest absolute Gasteiger partial charge is 0.235 e. The van der Waals surface area contributed by atoms with Gasteiger partial charge >= 0.3 is 0 Å². The quantitative estimate of drug-likeness (QED) is 0.796. The number of hydrogen-bond acceptors (Lipinski definition) is 2. The van der Waals surface area contributed by atoms with Gasteiger partial charge in [-0.3, -0.25) is 4.31 Å². The second kappa shape index (κ2) is 4.14. The monoisotopic (exact) mass is 289 g/mol. The molecule has 0 unspecified atom stereocenters. The molecule has 0 aromatic heterocycles. The highest BCUT2D eigenvalue weighted by Crippen LogP contribution is 2.25. The zero-order valence-corrected chi connectivity index (χ0v) is 10.6. The van der Waals surface area contributed by atoms with Gasteiger partial charge in [-0.15, -0.1) is 0 Å². The van der Waals surface area contributed by atoms with Gasteiger partial charge in [0.05, 0.1) is 11.4 Å². The van der Waals surface area contributed by atoms with Gasteiger partial charge in [0, 0.05) is 11.0 Å². The Kier molecular flexibility index (Phi) is 3.02. The maximum absolute atomic E-state index is 11.8. The molecule has 0 saturated carbocycles. The second-order valence-corrected chi connectivity index (χ2v) is 6.50. The molecule has 5 heteroatoms. The van der Waals surface area contributed by atoms with Crippen LogP contribution in [-0.2, 0) is 10.0 Å². The molecule has 0 spiro atoms. The molecule has 3 nitrogen and oxygen atoms in total. The summed E-state index contributed by atoms with van der Waals surface area (Å²) in [6.45, 7) is 0.596. The first kappa shape index (κ1) is 11.0. The third-order valence-electron chi connectivity index (χ3n) is 2.45. The molecule has 2 rings (SSSR count). The molecule has 1 aliphatic rings. The summed E-state index contributed by atoms with van der Waals surface area (Å²) in [4.78, 5) is 0. The molecule has 1 heterocycles. The van der Waals surface area contributed by atoms with E-state index in [4.69, 9.17) is 0 Å². The van der Waals surface area contributed by atoms with Crippen LogP contribution < -0.4 is 4.31 Å². The van der Waals surface area contributed by atoms with Crippen molar-refractivity contribution in [2.45, 2.75) is 12.8 Å². The van der Waals surface area contributed by atoms with E-state index in [2.05, 4.69) is 15.9 Å². The topological polar surface area (TPSA) is 37.4 Å². The van der Waals surface area contributed by atoms with E-state index in [1.807, 2.05) is 24.3 Å². The van der Waals surface area contributed by atoms with Crippen molar-refractivity contribution in [2.24, 2.45) is 0 Å². The number of sulfonamides is 1. The molecular weight excluding hydrogens is 278 g/mol. The first-order valence-electron chi connectivity index (χ1n) is 4.85. The van der Waals surface area contributed by atoms with E-state index in [-0.39, 0.29) is 5.75 Å². The van der Waals surface area contributed by atoms with Crippen molar-refractivity contribution in [2.75, 3.05) is 16.6 Å². The van der Waals surface area contributed by atoms with Crippen molar-refractivity contribution in [1.82, 2.24) is 0 Å². The molecule has 0 bridgehead atoms. The molecule has 0 aliphatic carbocycles. The number of nitrogens with zero attached hydrogens (tertiary/aromatic N) is 1. The van der Waals surface area contributed by atoms with Gasteiger partial charge in [-0.05, 0) is 31.0 Å². The molecule has 1 aliphatic heterocycles. The lowest BCUT2D eigenvalue weighted by molar-refractivity contribution is 0.574. The molecular formula is C10H12BrNO2S. The van der Waals surface area contributed by atoms with Gasteiger partial charge in [0.25, 0.3) is 0 Å². The minimum Gasteiger partial charge on any atom is -0.270 e. The lowest BCUT2D eigenvalue weighted by Crippen LogP contribution is -2.37. The van der Waals surface area contributed by atoms with Crippen molar-refractivity contribution in [3.8, 4) is 0 Å². The van der Waals surface area contributed by atoms with Crippen LogP contribution in [-0.4, -0.2) is 20.7 Å². The van der Waals surface area contributed by atoms with Crippen LogP contribution >= 0.6 is 15.9 Å². The van der Waals surface area contributed by atoms with Crippen LogP contribution in [0.4, 0.5) is 5.69 Å². The predicted molar refractivity (Wildman–Crippen MR) is 64.5 cm³/mol. The molecule has 1 aromatic carbocycles. The maximum atomic E-state index is 11.8. The second-order valence-electron chi connectivity index (χ2n) is 3.58. The first-order valence-corrected chi connectivity index (χ1v) is 7.26. The van der Waals surface area contributed by atoms with Gasteiger partial charge in [0.2, 0.25) is 10.0 Å². The number of rotatable bonds is 1. The normalized spacial score (nSPS) is 20.2. The van der Waals surface area contributed by atoms with Crippen LogP contribution in [0.25, 0.3) is 0 Å². The average molecular weight is 290 g/mol. The summed E-state index contributed by atoms with van der Waals surface area (Å²) in [5.74, 6) is 0.263. The molecule has 82 valence electrons. The summed E-state index contributed by atoms with van der Waals surface area (Å²) in [5.41, 5.74) is 0.754. The summed E-state index contributed by atoms with van der Waals surface area (Å²) >= 11 is 3.34. The fourth-order valence-corrected chi connectivity index (χ4v) is 3.73. The zero-order valence-electron chi connectivity index (χ0n) is 8.19. The molecule has 1 aromatic rings. The van der Waals surface area contributed by atoms with Crippen molar-refractivity contribution in [3.05, 3.63) is 28.7 Å². The summed E-state index contributed by atoms with van der Waals surface area (Å²) in [6.07, 6.45) is 1.71. The Balaban J connectivity index is 2.37. The molecule has 0 atom stereocenters. The first-order chi connectivity index (χ1) is 7.09. The zero-order chi connectivity index (χ0) is 10.9. The summed E-state index contributed by atoms with van der Waals surface area (Å²) in [7, 11) is -3.08. The van der Waals surface area contributed by atoms with Crippen molar-refractivity contribution >= 4 is 31.6 Å².